The Labute approximate surface area is 132 Å². The van der Waals surface area contributed by atoms with Gasteiger partial charge in [-0.25, -0.2) is 0 Å². The average molecular weight is 302 g/mol. The van der Waals surface area contributed by atoms with Gasteiger partial charge < -0.3 is 9.47 Å². The van der Waals surface area contributed by atoms with Gasteiger partial charge in [-0.2, -0.15) is 0 Å². The molecule has 0 spiro atoms. The molecule has 0 N–H and O–H groups in total. The lowest BCUT2D eigenvalue weighted by Gasteiger charge is -2.33. The van der Waals surface area contributed by atoms with Crippen molar-refractivity contribution >= 4 is 5.91 Å². The first-order chi connectivity index (χ1) is 10.8. The zero-order chi connectivity index (χ0) is 14.9. The largest absolute Gasteiger partial charge is 0.342 e. The summed E-state index contributed by atoms with van der Waals surface area (Å²) in [6, 6.07) is 0. The molecule has 0 radical (unpaired) electrons. The summed E-state index contributed by atoms with van der Waals surface area (Å²) in [4.78, 5) is 14.6. The number of nitrogens with zero attached hydrogens (tertiary/aromatic N) is 4. The smallest absolute Gasteiger partial charge is 0.225 e. The van der Waals surface area contributed by atoms with Gasteiger partial charge in [0.15, 0.2) is 0 Å². The summed E-state index contributed by atoms with van der Waals surface area (Å²) in [7, 11) is 0. The zero-order valence-electron chi connectivity index (χ0n) is 13.3. The lowest BCUT2D eigenvalue weighted by atomic mass is 9.94. The first-order valence-corrected chi connectivity index (χ1v) is 9.03. The molecule has 3 heterocycles. The van der Waals surface area contributed by atoms with Crippen LogP contribution in [0.1, 0.15) is 68.9 Å². The van der Waals surface area contributed by atoms with E-state index in [1.165, 1.54) is 37.3 Å². The SMILES string of the molecule is O=C(C1CCCC1)N1CCC(c2nnc3n2CCCC3)CC1. The van der Waals surface area contributed by atoms with Crippen molar-refractivity contribution in [2.45, 2.75) is 70.3 Å². The predicted octanol–water partition coefficient (Wildman–Crippen LogP) is 2.51. The third-order valence-electron chi connectivity index (χ3n) is 5.76. The van der Waals surface area contributed by atoms with Crippen LogP contribution in [0.4, 0.5) is 0 Å². The first kappa shape index (κ1) is 14.2. The van der Waals surface area contributed by atoms with E-state index in [0.717, 1.165) is 51.7 Å². The van der Waals surface area contributed by atoms with Crippen LogP contribution < -0.4 is 0 Å². The van der Waals surface area contributed by atoms with E-state index in [2.05, 4.69) is 19.7 Å². The van der Waals surface area contributed by atoms with Crippen LogP contribution in [0.2, 0.25) is 0 Å². The molecule has 120 valence electrons. The van der Waals surface area contributed by atoms with Crippen LogP contribution in [0, 0.1) is 5.92 Å². The molecule has 4 rings (SSSR count). The van der Waals surface area contributed by atoms with Gasteiger partial charge in [-0.1, -0.05) is 12.8 Å². The number of carbonyl (C=O) groups is 1. The number of hydrogen-bond acceptors (Lipinski definition) is 3. The van der Waals surface area contributed by atoms with E-state index in [0.29, 0.717) is 17.7 Å². The highest BCUT2D eigenvalue weighted by atomic mass is 16.2. The van der Waals surface area contributed by atoms with E-state index in [-0.39, 0.29) is 0 Å². The molecule has 0 bridgehead atoms. The maximum atomic E-state index is 12.5. The average Bonchev–Trinajstić information content (AvgIpc) is 3.24. The summed E-state index contributed by atoms with van der Waals surface area (Å²) in [6.07, 6.45) is 10.4. The molecule has 1 saturated carbocycles. The number of fused-ring (bicyclic) bond motifs is 1. The number of aromatic nitrogens is 3. The highest BCUT2D eigenvalue weighted by Gasteiger charge is 2.32. The van der Waals surface area contributed by atoms with Crippen LogP contribution in [0.3, 0.4) is 0 Å². The number of amides is 1. The number of aryl methyl sites for hydroxylation is 1. The van der Waals surface area contributed by atoms with Gasteiger partial charge in [0.05, 0.1) is 0 Å². The summed E-state index contributed by atoms with van der Waals surface area (Å²) in [6.45, 7) is 2.89. The third kappa shape index (κ3) is 2.55. The van der Waals surface area contributed by atoms with Gasteiger partial charge in [0, 0.05) is 37.9 Å². The van der Waals surface area contributed by atoms with E-state index < -0.39 is 0 Å². The minimum atomic E-state index is 0.317. The van der Waals surface area contributed by atoms with Crippen LogP contribution in [0.5, 0.6) is 0 Å². The Kier molecular flexibility index (Phi) is 3.89. The molecule has 0 atom stereocenters. The Balaban J connectivity index is 1.39. The molecule has 0 aromatic carbocycles. The van der Waals surface area contributed by atoms with Crippen molar-refractivity contribution in [3.8, 4) is 0 Å². The molecule has 5 nitrogen and oxygen atoms in total. The summed E-state index contributed by atoms with van der Waals surface area (Å²) in [5, 5.41) is 8.86. The minimum absolute atomic E-state index is 0.317. The quantitative estimate of drug-likeness (QED) is 0.843. The highest BCUT2D eigenvalue weighted by molar-refractivity contribution is 5.79. The summed E-state index contributed by atoms with van der Waals surface area (Å²) in [5.74, 6) is 3.58. The topological polar surface area (TPSA) is 51.0 Å². The molecular formula is C17H26N4O. The summed E-state index contributed by atoms with van der Waals surface area (Å²) >= 11 is 0. The number of likely N-dealkylation sites (tertiary alicyclic amines) is 1. The van der Waals surface area contributed by atoms with E-state index in [1.54, 1.807) is 0 Å². The zero-order valence-corrected chi connectivity index (χ0v) is 13.3. The second-order valence-corrected chi connectivity index (χ2v) is 7.16. The van der Waals surface area contributed by atoms with Crippen molar-refractivity contribution in [2.75, 3.05) is 13.1 Å². The fourth-order valence-electron chi connectivity index (χ4n) is 4.42. The van der Waals surface area contributed by atoms with Gasteiger partial charge in [0.1, 0.15) is 11.6 Å². The fraction of sp³-hybridized carbons (Fsp3) is 0.824. The normalized spacial score (nSPS) is 23.7. The Bertz CT molecular complexity index is 539. The van der Waals surface area contributed by atoms with Crippen molar-refractivity contribution in [3.05, 3.63) is 11.6 Å². The van der Waals surface area contributed by atoms with E-state index in [4.69, 9.17) is 0 Å². The molecule has 1 aromatic heterocycles. The van der Waals surface area contributed by atoms with E-state index in [1.807, 2.05) is 0 Å². The van der Waals surface area contributed by atoms with Gasteiger partial charge in [-0.05, 0) is 38.5 Å². The van der Waals surface area contributed by atoms with Gasteiger partial charge in [0.25, 0.3) is 0 Å². The van der Waals surface area contributed by atoms with Crippen LogP contribution >= 0.6 is 0 Å². The van der Waals surface area contributed by atoms with Crippen molar-refractivity contribution < 1.29 is 4.79 Å². The molecule has 1 aromatic rings. The first-order valence-electron chi connectivity index (χ1n) is 9.03. The van der Waals surface area contributed by atoms with Crippen LogP contribution in [-0.4, -0.2) is 38.7 Å². The Morgan fingerprint density at radius 1 is 0.909 bits per heavy atom. The molecule has 2 aliphatic heterocycles. The van der Waals surface area contributed by atoms with Gasteiger partial charge in [-0.15, -0.1) is 10.2 Å². The Morgan fingerprint density at radius 3 is 2.45 bits per heavy atom. The standard InChI is InChI=1S/C17H26N4O/c22-17(14-5-1-2-6-14)20-11-8-13(9-12-20)16-19-18-15-7-3-4-10-21(15)16/h13-14H,1-12H2. The number of rotatable bonds is 2. The number of carbonyl (C=O) groups excluding carboxylic acids is 1. The van der Waals surface area contributed by atoms with Crippen molar-refractivity contribution in [3.63, 3.8) is 0 Å². The summed E-state index contributed by atoms with van der Waals surface area (Å²) in [5.41, 5.74) is 0. The molecule has 3 aliphatic rings. The van der Waals surface area contributed by atoms with Gasteiger partial charge in [0.2, 0.25) is 5.91 Å². The highest BCUT2D eigenvalue weighted by Crippen LogP contribution is 2.32. The number of hydrogen-bond donors (Lipinski definition) is 0. The summed E-state index contributed by atoms with van der Waals surface area (Å²) < 4.78 is 2.35. The maximum Gasteiger partial charge on any atom is 0.225 e. The molecule has 1 aliphatic carbocycles. The molecule has 1 amide bonds. The van der Waals surface area contributed by atoms with Crippen molar-refractivity contribution in [1.29, 1.82) is 0 Å². The maximum absolute atomic E-state index is 12.5. The van der Waals surface area contributed by atoms with E-state index in [9.17, 15) is 4.79 Å². The van der Waals surface area contributed by atoms with Crippen LogP contribution in [0.15, 0.2) is 0 Å². The lowest BCUT2D eigenvalue weighted by molar-refractivity contribution is -0.136. The molecule has 0 unspecified atom stereocenters. The molecule has 22 heavy (non-hydrogen) atoms. The fourth-order valence-corrected chi connectivity index (χ4v) is 4.42. The predicted molar refractivity (Wildman–Crippen MR) is 83.5 cm³/mol. The monoisotopic (exact) mass is 302 g/mol. The number of piperidine rings is 1. The van der Waals surface area contributed by atoms with Crippen molar-refractivity contribution in [2.24, 2.45) is 5.92 Å². The Morgan fingerprint density at radius 2 is 1.68 bits per heavy atom. The second kappa shape index (κ2) is 6.01. The van der Waals surface area contributed by atoms with Crippen LogP contribution in [0.25, 0.3) is 0 Å². The van der Waals surface area contributed by atoms with E-state index >= 15 is 0 Å². The minimum Gasteiger partial charge on any atom is -0.342 e. The molecule has 1 saturated heterocycles. The van der Waals surface area contributed by atoms with Crippen molar-refractivity contribution in [1.82, 2.24) is 19.7 Å². The Hall–Kier alpha value is -1.39. The molecule has 2 fully saturated rings. The van der Waals surface area contributed by atoms with Crippen LogP contribution in [-0.2, 0) is 17.8 Å². The molecular weight excluding hydrogens is 276 g/mol. The second-order valence-electron chi connectivity index (χ2n) is 7.16. The van der Waals surface area contributed by atoms with Gasteiger partial charge >= 0.3 is 0 Å². The lowest BCUT2D eigenvalue weighted by Crippen LogP contribution is -2.41. The molecule has 5 heteroatoms. The van der Waals surface area contributed by atoms with Gasteiger partial charge in [-0.3, -0.25) is 4.79 Å². The third-order valence-corrected chi connectivity index (χ3v) is 5.76.